The highest BCUT2D eigenvalue weighted by Gasteiger charge is 2.24. The van der Waals surface area contributed by atoms with Crippen molar-refractivity contribution in [3.63, 3.8) is 0 Å². The predicted octanol–water partition coefficient (Wildman–Crippen LogP) is 2.18. The first-order valence-electron chi connectivity index (χ1n) is 4.92. The first-order valence-corrected chi connectivity index (χ1v) is 6.88. The van der Waals surface area contributed by atoms with Gasteiger partial charge in [-0.15, -0.1) is 11.3 Å². The van der Waals surface area contributed by atoms with Gasteiger partial charge in [-0.25, -0.2) is 9.97 Å². The Bertz CT molecular complexity index is 564. The third-order valence-electron chi connectivity index (χ3n) is 2.19. The molecule has 0 saturated carbocycles. The van der Waals surface area contributed by atoms with Crippen molar-refractivity contribution in [3.05, 3.63) is 36.8 Å². The molecule has 2 aromatic rings. The zero-order valence-electron chi connectivity index (χ0n) is 9.32. The van der Waals surface area contributed by atoms with Crippen LogP contribution < -0.4 is 10.9 Å². The molecule has 17 heavy (non-hydrogen) atoms. The van der Waals surface area contributed by atoms with Crippen LogP contribution in [0.4, 0.5) is 5.82 Å². The van der Waals surface area contributed by atoms with Gasteiger partial charge in [0.25, 0.3) is 5.56 Å². The van der Waals surface area contributed by atoms with Crippen LogP contribution in [0.25, 0.3) is 0 Å². The molecule has 0 unspecified atom stereocenters. The summed E-state index contributed by atoms with van der Waals surface area (Å²) in [6.45, 7) is 4.01. The second-order valence-corrected chi connectivity index (χ2v) is 5.95. The zero-order chi connectivity index (χ0) is 12.5. The maximum absolute atomic E-state index is 11.5. The van der Waals surface area contributed by atoms with E-state index in [1.165, 1.54) is 6.33 Å². The van der Waals surface area contributed by atoms with E-state index in [0.29, 0.717) is 9.39 Å². The number of aromatic amines is 1. The van der Waals surface area contributed by atoms with Crippen molar-refractivity contribution in [1.29, 1.82) is 0 Å². The fourth-order valence-corrected chi connectivity index (χ4v) is 2.50. The number of hydrogen-bond donors (Lipinski definition) is 2. The molecule has 7 heteroatoms. The van der Waals surface area contributed by atoms with Crippen molar-refractivity contribution in [2.45, 2.75) is 19.4 Å². The molecule has 0 aliphatic rings. The molecular formula is C10H11IN4OS. The van der Waals surface area contributed by atoms with E-state index < -0.39 is 0 Å². The number of H-pyrrole nitrogens is 1. The zero-order valence-corrected chi connectivity index (χ0v) is 12.3. The summed E-state index contributed by atoms with van der Waals surface area (Å²) in [6, 6.07) is 0. The molecular weight excluding hydrogens is 351 g/mol. The summed E-state index contributed by atoms with van der Waals surface area (Å²) in [6.07, 6.45) is 3.16. The number of anilines is 1. The van der Waals surface area contributed by atoms with Crippen molar-refractivity contribution >= 4 is 39.7 Å². The Morgan fingerprint density at radius 3 is 2.88 bits per heavy atom. The summed E-state index contributed by atoms with van der Waals surface area (Å²) in [4.78, 5) is 22.4. The van der Waals surface area contributed by atoms with E-state index in [0.717, 1.165) is 5.01 Å². The Labute approximate surface area is 116 Å². The molecule has 0 aromatic carbocycles. The lowest BCUT2D eigenvalue weighted by Gasteiger charge is -2.24. The van der Waals surface area contributed by atoms with E-state index in [-0.39, 0.29) is 11.1 Å². The van der Waals surface area contributed by atoms with Crippen LogP contribution >= 0.6 is 33.9 Å². The molecule has 0 amide bonds. The molecule has 0 saturated heterocycles. The fraction of sp³-hybridized carbons (Fsp3) is 0.300. The van der Waals surface area contributed by atoms with Gasteiger partial charge in [-0.2, -0.15) is 0 Å². The van der Waals surface area contributed by atoms with E-state index in [1.54, 1.807) is 17.5 Å². The summed E-state index contributed by atoms with van der Waals surface area (Å²) in [5.41, 5.74) is -0.493. The van der Waals surface area contributed by atoms with Crippen LogP contribution in [0, 0.1) is 3.57 Å². The molecule has 2 aromatic heterocycles. The van der Waals surface area contributed by atoms with E-state index in [4.69, 9.17) is 0 Å². The van der Waals surface area contributed by atoms with E-state index in [1.807, 2.05) is 41.8 Å². The molecule has 2 heterocycles. The first-order chi connectivity index (χ1) is 8.00. The summed E-state index contributed by atoms with van der Waals surface area (Å²) in [5.74, 6) is 0.578. The number of halogens is 1. The lowest BCUT2D eigenvalue weighted by molar-refractivity contribution is 0.599. The average molecular weight is 362 g/mol. The molecule has 0 radical (unpaired) electrons. The number of nitrogens with zero attached hydrogens (tertiary/aromatic N) is 2. The number of hydrogen-bond acceptors (Lipinski definition) is 5. The van der Waals surface area contributed by atoms with Crippen LogP contribution in [0.3, 0.4) is 0 Å². The van der Waals surface area contributed by atoms with Gasteiger partial charge in [-0.1, -0.05) is 0 Å². The minimum Gasteiger partial charge on any atom is -0.358 e. The van der Waals surface area contributed by atoms with Crippen molar-refractivity contribution in [1.82, 2.24) is 15.0 Å². The van der Waals surface area contributed by atoms with Gasteiger partial charge in [0.15, 0.2) is 0 Å². The van der Waals surface area contributed by atoms with Crippen LogP contribution in [0.2, 0.25) is 0 Å². The Morgan fingerprint density at radius 2 is 2.24 bits per heavy atom. The quantitative estimate of drug-likeness (QED) is 0.822. The lowest BCUT2D eigenvalue weighted by atomic mass is 10.1. The molecule has 2 N–H and O–H groups in total. The van der Waals surface area contributed by atoms with Crippen LogP contribution in [-0.4, -0.2) is 15.0 Å². The smallest absolute Gasteiger partial charge is 0.266 e. The van der Waals surface area contributed by atoms with Crippen LogP contribution in [0.15, 0.2) is 22.7 Å². The molecule has 0 bridgehead atoms. The predicted molar refractivity (Wildman–Crippen MR) is 76.3 cm³/mol. The van der Waals surface area contributed by atoms with Gasteiger partial charge in [-0.3, -0.25) is 4.79 Å². The number of rotatable bonds is 3. The topological polar surface area (TPSA) is 70.7 Å². The molecule has 2 rings (SSSR count). The van der Waals surface area contributed by atoms with Crippen LogP contribution in [0.1, 0.15) is 18.9 Å². The van der Waals surface area contributed by atoms with Gasteiger partial charge in [-0.05, 0) is 36.4 Å². The summed E-state index contributed by atoms with van der Waals surface area (Å²) in [5, 5.41) is 6.12. The van der Waals surface area contributed by atoms with Gasteiger partial charge in [0.05, 0.1) is 11.9 Å². The second-order valence-electron chi connectivity index (χ2n) is 3.98. The minimum absolute atomic E-state index is 0.141. The number of thiazole rings is 1. The molecule has 0 aliphatic heterocycles. The van der Waals surface area contributed by atoms with Crippen LogP contribution in [0.5, 0.6) is 0 Å². The third kappa shape index (κ3) is 2.65. The Morgan fingerprint density at radius 1 is 1.47 bits per heavy atom. The van der Waals surface area contributed by atoms with Gasteiger partial charge < -0.3 is 10.3 Å². The molecule has 90 valence electrons. The monoisotopic (exact) mass is 362 g/mol. The fourth-order valence-electron chi connectivity index (χ4n) is 1.35. The molecule has 0 spiro atoms. The second kappa shape index (κ2) is 4.73. The average Bonchev–Trinajstić information content (AvgIpc) is 2.78. The van der Waals surface area contributed by atoms with Crippen molar-refractivity contribution in [2.24, 2.45) is 0 Å². The van der Waals surface area contributed by atoms with E-state index >= 15 is 0 Å². The standard InChI is InChI=1S/C10H11IN4OS/c1-10(2,9-12-3-4-17-9)15-7-6(11)8(16)14-5-13-7/h3-5H,1-2H3,(H2,13,14,15,16). The SMILES string of the molecule is CC(C)(Nc1nc[nH]c(=O)c1I)c1nccs1. The maximum Gasteiger partial charge on any atom is 0.266 e. The highest BCUT2D eigenvalue weighted by Crippen LogP contribution is 2.27. The van der Waals surface area contributed by atoms with E-state index in [9.17, 15) is 4.79 Å². The van der Waals surface area contributed by atoms with Gasteiger partial charge in [0.2, 0.25) is 0 Å². The van der Waals surface area contributed by atoms with Gasteiger partial charge in [0, 0.05) is 11.6 Å². The van der Waals surface area contributed by atoms with E-state index in [2.05, 4.69) is 20.3 Å². The largest absolute Gasteiger partial charge is 0.358 e. The van der Waals surface area contributed by atoms with Crippen molar-refractivity contribution < 1.29 is 0 Å². The molecule has 5 nitrogen and oxygen atoms in total. The lowest BCUT2D eigenvalue weighted by Crippen LogP contribution is -2.30. The summed E-state index contributed by atoms with van der Waals surface area (Å²) < 4.78 is 0.551. The summed E-state index contributed by atoms with van der Waals surface area (Å²) in [7, 11) is 0. The number of aromatic nitrogens is 3. The third-order valence-corrected chi connectivity index (χ3v) is 4.29. The molecule has 0 aliphatic carbocycles. The van der Waals surface area contributed by atoms with Crippen molar-refractivity contribution in [2.75, 3.05) is 5.32 Å². The van der Waals surface area contributed by atoms with Gasteiger partial charge >= 0.3 is 0 Å². The number of nitrogens with one attached hydrogen (secondary N) is 2. The minimum atomic E-state index is -0.352. The Balaban J connectivity index is 2.33. The first kappa shape index (κ1) is 12.5. The Hall–Kier alpha value is -0.960. The van der Waals surface area contributed by atoms with Crippen LogP contribution in [-0.2, 0) is 5.54 Å². The Kier molecular flexibility index (Phi) is 3.48. The molecule has 0 fully saturated rings. The highest BCUT2D eigenvalue weighted by molar-refractivity contribution is 14.1. The van der Waals surface area contributed by atoms with Crippen molar-refractivity contribution in [3.8, 4) is 0 Å². The normalized spacial score (nSPS) is 11.5. The highest BCUT2D eigenvalue weighted by atomic mass is 127. The maximum atomic E-state index is 11.5. The summed E-state index contributed by atoms with van der Waals surface area (Å²) >= 11 is 3.55. The molecule has 0 atom stereocenters. The van der Waals surface area contributed by atoms with Gasteiger partial charge in [0.1, 0.15) is 14.4 Å².